The van der Waals surface area contributed by atoms with Gasteiger partial charge in [0.2, 0.25) is 0 Å². The Balaban J connectivity index is 1.89. The van der Waals surface area contributed by atoms with E-state index in [4.69, 9.17) is 4.98 Å². The van der Waals surface area contributed by atoms with Gasteiger partial charge in [0, 0.05) is 17.8 Å². The molecular formula is C19H21N3. The Hall–Kier alpha value is -2.13. The zero-order valence-corrected chi connectivity index (χ0v) is 12.9. The molecule has 0 unspecified atom stereocenters. The fourth-order valence-electron chi connectivity index (χ4n) is 3.62. The highest BCUT2D eigenvalue weighted by Gasteiger charge is 2.37. The summed E-state index contributed by atoms with van der Waals surface area (Å²) in [7, 11) is 0. The number of fused-ring (bicyclic) bond motifs is 1. The fraction of sp³-hybridized carbons (Fsp3) is 0.316. The maximum atomic E-state index is 4.98. The average molecular weight is 291 g/mol. The van der Waals surface area contributed by atoms with Crippen LogP contribution in [-0.4, -0.2) is 22.5 Å². The summed E-state index contributed by atoms with van der Waals surface area (Å²) in [6, 6.07) is 15.2. The summed E-state index contributed by atoms with van der Waals surface area (Å²) in [6.07, 6.45) is 6.52. The van der Waals surface area contributed by atoms with Crippen LogP contribution in [-0.2, 0) is 5.41 Å². The van der Waals surface area contributed by atoms with Crippen molar-refractivity contribution >= 4 is 5.65 Å². The lowest BCUT2D eigenvalue weighted by Crippen LogP contribution is -2.41. The number of rotatable bonds is 2. The van der Waals surface area contributed by atoms with Crippen molar-refractivity contribution in [1.82, 2.24) is 14.7 Å². The van der Waals surface area contributed by atoms with E-state index in [0.717, 1.165) is 31.6 Å². The number of hydrogen-bond acceptors (Lipinski definition) is 2. The summed E-state index contributed by atoms with van der Waals surface area (Å²) in [5.74, 6) is 0. The molecule has 22 heavy (non-hydrogen) atoms. The molecular weight excluding hydrogens is 270 g/mol. The second kappa shape index (κ2) is 5.25. The van der Waals surface area contributed by atoms with Crippen LogP contribution in [0.5, 0.6) is 0 Å². The van der Waals surface area contributed by atoms with Gasteiger partial charge in [-0.05, 0) is 56.1 Å². The largest absolute Gasteiger partial charge is 0.317 e. The molecule has 0 radical (unpaired) electrons. The van der Waals surface area contributed by atoms with E-state index in [1.54, 1.807) is 0 Å². The fourth-order valence-corrected chi connectivity index (χ4v) is 3.62. The van der Waals surface area contributed by atoms with E-state index in [0.29, 0.717) is 0 Å². The predicted octanol–water partition coefficient (Wildman–Crippen LogP) is 3.31. The molecule has 1 aliphatic heterocycles. The molecule has 3 aromatic rings. The van der Waals surface area contributed by atoms with Gasteiger partial charge < -0.3 is 9.72 Å². The van der Waals surface area contributed by atoms with Crippen LogP contribution in [0, 0.1) is 6.92 Å². The van der Waals surface area contributed by atoms with E-state index >= 15 is 0 Å². The van der Waals surface area contributed by atoms with Gasteiger partial charge in [0.25, 0.3) is 0 Å². The lowest BCUT2D eigenvalue weighted by molar-refractivity contribution is 0.355. The van der Waals surface area contributed by atoms with Gasteiger partial charge in [0.1, 0.15) is 5.65 Å². The standard InChI is InChI=1S/C19H21N3/c1-15-7-12-22-14-17(21-18(22)13-15)19(8-10-20-11-9-19)16-5-3-2-4-6-16/h2-7,12-14,20H,8-11H2,1H3. The van der Waals surface area contributed by atoms with E-state index in [1.807, 2.05) is 0 Å². The van der Waals surface area contributed by atoms with Crippen LogP contribution in [0.25, 0.3) is 5.65 Å². The number of nitrogens with zero attached hydrogens (tertiary/aromatic N) is 2. The molecule has 1 aromatic carbocycles. The Morgan fingerprint density at radius 1 is 1.09 bits per heavy atom. The minimum absolute atomic E-state index is 0.0342. The molecule has 0 saturated carbocycles. The second-order valence-corrected chi connectivity index (χ2v) is 6.29. The zero-order valence-electron chi connectivity index (χ0n) is 12.9. The van der Waals surface area contributed by atoms with Gasteiger partial charge in [-0.15, -0.1) is 0 Å². The Morgan fingerprint density at radius 3 is 2.64 bits per heavy atom. The molecule has 0 bridgehead atoms. The highest BCUT2D eigenvalue weighted by Crippen LogP contribution is 2.39. The van der Waals surface area contributed by atoms with Crippen molar-refractivity contribution in [2.75, 3.05) is 13.1 Å². The molecule has 3 heteroatoms. The Labute approximate surface area is 131 Å². The molecule has 1 fully saturated rings. The maximum absolute atomic E-state index is 4.98. The van der Waals surface area contributed by atoms with Gasteiger partial charge in [0.15, 0.2) is 0 Å². The number of aryl methyl sites for hydroxylation is 1. The molecule has 1 N–H and O–H groups in total. The lowest BCUT2D eigenvalue weighted by Gasteiger charge is -2.37. The molecule has 0 atom stereocenters. The minimum atomic E-state index is 0.0342. The molecule has 2 aromatic heterocycles. The van der Waals surface area contributed by atoms with Crippen LogP contribution in [0.2, 0.25) is 0 Å². The van der Waals surface area contributed by atoms with Gasteiger partial charge in [0.05, 0.1) is 5.69 Å². The van der Waals surface area contributed by atoms with Gasteiger partial charge >= 0.3 is 0 Å². The second-order valence-electron chi connectivity index (χ2n) is 6.29. The number of benzene rings is 1. The van der Waals surface area contributed by atoms with Gasteiger partial charge in [-0.2, -0.15) is 0 Å². The summed E-state index contributed by atoms with van der Waals surface area (Å²) >= 11 is 0. The highest BCUT2D eigenvalue weighted by molar-refractivity contribution is 5.47. The Kier molecular flexibility index (Phi) is 3.23. The zero-order chi connectivity index (χ0) is 15.0. The average Bonchev–Trinajstić information content (AvgIpc) is 3.00. The molecule has 3 nitrogen and oxygen atoms in total. The van der Waals surface area contributed by atoms with Crippen molar-refractivity contribution in [2.45, 2.75) is 25.2 Å². The molecule has 112 valence electrons. The van der Waals surface area contributed by atoms with Crippen molar-refractivity contribution in [3.05, 3.63) is 71.7 Å². The maximum Gasteiger partial charge on any atom is 0.137 e. The first-order valence-electron chi connectivity index (χ1n) is 8.00. The minimum Gasteiger partial charge on any atom is -0.317 e. The van der Waals surface area contributed by atoms with E-state index in [9.17, 15) is 0 Å². The van der Waals surface area contributed by atoms with E-state index in [2.05, 4.69) is 71.5 Å². The first-order valence-corrected chi connectivity index (χ1v) is 8.00. The third-order valence-electron chi connectivity index (χ3n) is 4.89. The monoisotopic (exact) mass is 291 g/mol. The summed E-state index contributed by atoms with van der Waals surface area (Å²) < 4.78 is 2.15. The topological polar surface area (TPSA) is 29.3 Å². The van der Waals surface area contributed by atoms with Crippen LogP contribution in [0.3, 0.4) is 0 Å². The van der Waals surface area contributed by atoms with Crippen LogP contribution in [0.4, 0.5) is 0 Å². The molecule has 0 amide bonds. The van der Waals surface area contributed by atoms with Gasteiger partial charge in [-0.3, -0.25) is 0 Å². The van der Waals surface area contributed by atoms with Crippen LogP contribution in [0.1, 0.15) is 29.7 Å². The molecule has 1 aliphatic rings. The van der Waals surface area contributed by atoms with Crippen molar-refractivity contribution in [3.63, 3.8) is 0 Å². The molecule has 0 spiro atoms. The first kappa shape index (κ1) is 13.5. The van der Waals surface area contributed by atoms with Crippen LogP contribution in [0.15, 0.2) is 54.9 Å². The Bertz CT molecular complexity index is 783. The number of aromatic nitrogens is 2. The van der Waals surface area contributed by atoms with Gasteiger partial charge in [-0.1, -0.05) is 30.3 Å². The third kappa shape index (κ3) is 2.13. The van der Waals surface area contributed by atoms with Crippen LogP contribution < -0.4 is 5.32 Å². The number of pyridine rings is 1. The third-order valence-corrected chi connectivity index (χ3v) is 4.89. The van der Waals surface area contributed by atoms with Gasteiger partial charge in [-0.25, -0.2) is 4.98 Å². The Morgan fingerprint density at radius 2 is 1.86 bits per heavy atom. The van der Waals surface area contributed by atoms with Crippen molar-refractivity contribution < 1.29 is 0 Å². The molecule has 3 heterocycles. The lowest BCUT2D eigenvalue weighted by atomic mass is 9.71. The van der Waals surface area contributed by atoms with Crippen molar-refractivity contribution in [2.24, 2.45) is 0 Å². The first-order chi connectivity index (χ1) is 10.8. The molecule has 0 aliphatic carbocycles. The predicted molar refractivity (Wildman–Crippen MR) is 89.3 cm³/mol. The highest BCUT2D eigenvalue weighted by atomic mass is 15.0. The number of piperidine rings is 1. The number of nitrogens with one attached hydrogen (secondary N) is 1. The smallest absolute Gasteiger partial charge is 0.137 e. The summed E-state index contributed by atoms with van der Waals surface area (Å²) in [5, 5.41) is 3.49. The molecule has 1 saturated heterocycles. The van der Waals surface area contributed by atoms with E-state index in [1.165, 1.54) is 16.8 Å². The summed E-state index contributed by atoms with van der Waals surface area (Å²) in [6.45, 7) is 4.20. The molecule has 4 rings (SSSR count). The van der Waals surface area contributed by atoms with Crippen LogP contribution >= 0.6 is 0 Å². The number of hydrogen-bond donors (Lipinski definition) is 1. The van der Waals surface area contributed by atoms with E-state index < -0.39 is 0 Å². The number of imidazole rings is 1. The quantitative estimate of drug-likeness (QED) is 0.785. The SMILES string of the molecule is Cc1ccn2cc(C3(c4ccccc4)CCNCC3)nc2c1. The van der Waals surface area contributed by atoms with E-state index in [-0.39, 0.29) is 5.41 Å². The van der Waals surface area contributed by atoms with Crippen molar-refractivity contribution in [3.8, 4) is 0 Å². The van der Waals surface area contributed by atoms with Crippen molar-refractivity contribution in [1.29, 1.82) is 0 Å². The summed E-state index contributed by atoms with van der Waals surface area (Å²) in [4.78, 5) is 4.98. The summed E-state index contributed by atoms with van der Waals surface area (Å²) in [5.41, 5.74) is 4.92. The normalized spacial score (nSPS) is 17.7.